The van der Waals surface area contributed by atoms with Crippen LogP contribution in [-0.4, -0.2) is 20.5 Å². The highest BCUT2D eigenvalue weighted by Crippen LogP contribution is 2.19. The minimum absolute atomic E-state index is 0.0415. The van der Waals surface area contributed by atoms with Crippen molar-refractivity contribution in [2.24, 2.45) is 0 Å². The Balaban J connectivity index is 2.36. The van der Waals surface area contributed by atoms with E-state index in [9.17, 15) is 13.2 Å². The predicted octanol–water partition coefficient (Wildman–Crippen LogP) is 3.03. The summed E-state index contributed by atoms with van der Waals surface area (Å²) in [5, 5.41) is 6.33. The van der Waals surface area contributed by atoms with Crippen molar-refractivity contribution in [2.75, 3.05) is 0 Å². The first kappa shape index (κ1) is 11.3. The quantitative estimate of drug-likeness (QED) is 0.779. The van der Waals surface area contributed by atoms with E-state index in [0.717, 1.165) is 10.9 Å². The van der Waals surface area contributed by atoms with Gasteiger partial charge in [0.2, 0.25) is 4.77 Å². The highest BCUT2D eigenvalue weighted by molar-refractivity contribution is 7.71. The molecule has 0 saturated carbocycles. The van der Waals surface area contributed by atoms with E-state index in [0.29, 0.717) is 5.00 Å². The number of halogens is 3. The topological polar surface area (TPSA) is 22.8 Å². The fourth-order valence-corrected chi connectivity index (χ4v) is 2.18. The van der Waals surface area contributed by atoms with Crippen molar-refractivity contribution in [3.05, 3.63) is 28.6 Å². The van der Waals surface area contributed by atoms with Crippen molar-refractivity contribution in [3.8, 4) is 5.00 Å². The average Bonchev–Trinajstić information content (AvgIpc) is 2.75. The third-order valence-corrected chi connectivity index (χ3v) is 3.05. The summed E-state index contributed by atoms with van der Waals surface area (Å²) in [5.41, 5.74) is 0. The number of thiophene rings is 1. The second-order valence-corrected chi connectivity index (χ2v) is 4.31. The van der Waals surface area contributed by atoms with Crippen molar-refractivity contribution in [3.63, 3.8) is 0 Å². The van der Waals surface area contributed by atoms with Crippen LogP contribution >= 0.6 is 23.6 Å². The van der Waals surface area contributed by atoms with Crippen LogP contribution < -0.4 is 0 Å². The van der Waals surface area contributed by atoms with Gasteiger partial charge < -0.3 is 0 Å². The lowest BCUT2D eigenvalue weighted by molar-refractivity contribution is -0.140. The Labute approximate surface area is 97.8 Å². The fourth-order valence-electron chi connectivity index (χ4n) is 1.18. The van der Waals surface area contributed by atoms with Crippen LogP contribution in [0, 0.1) is 4.77 Å². The second-order valence-electron chi connectivity index (χ2n) is 3.02. The molecule has 3 nitrogen and oxygen atoms in total. The number of nitrogens with zero attached hydrogens (tertiary/aromatic N) is 3. The predicted molar refractivity (Wildman–Crippen MR) is 56.3 cm³/mol. The van der Waals surface area contributed by atoms with E-state index < -0.39 is 12.7 Å². The molecule has 0 radical (unpaired) electrons. The van der Waals surface area contributed by atoms with Crippen molar-refractivity contribution in [1.29, 1.82) is 0 Å². The monoisotopic (exact) mass is 265 g/mol. The second kappa shape index (κ2) is 4.02. The summed E-state index contributed by atoms with van der Waals surface area (Å²) in [6.45, 7) is -1.11. The average molecular weight is 265 g/mol. The van der Waals surface area contributed by atoms with Crippen molar-refractivity contribution >= 4 is 23.6 Å². The van der Waals surface area contributed by atoms with Crippen LogP contribution in [0.2, 0.25) is 0 Å². The molecule has 0 saturated heterocycles. The third-order valence-electron chi connectivity index (χ3n) is 1.80. The molecule has 0 bridgehead atoms. The molecular formula is C8H6F3N3S2. The van der Waals surface area contributed by atoms with Gasteiger partial charge in [0.05, 0.1) is 0 Å². The van der Waals surface area contributed by atoms with Crippen LogP contribution in [-0.2, 0) is 6.54 Å². The van der Waals surface area contributed by atoms with E-state index >= 15 is 0 Å². The van der Waals surface area contributed by atoms with Gasteiger partial charge in [-0.1, -0.05) is 0 Å². The number of hydrogen-bond donors (Lipinski definition) is 0. The van der Waals surface area contributed by atoms with Gasteiger partial charge in [-0.15, -0.1) is 11.3 Å². The zero-order valence-electron chi connectivity index (χ0n) is 7.81. The molecule has 0 unspecified atom stereocenters. The first-order valence-electron chi connectivity index (χ1n) is 4.22. The molecular weight excluding hydrogens is 259 g/mol. The van der Waals surface area contributed by atoms with Gasteiger partial charge in [-0.2, -0.15) is 23.0 Å². The molecule has 2 heterocycles. The van der Waals surface area contributed by atoms with Crippen LogP contribution in [0.5, 0.6) is 0 Å². The van der Waals surface area contributed by atoms with E-state index in [4.69, 9.17) is 12.2 Å². The van der Waals surface area contributed by atoms with Gasteiger partial charge in [-0.3, -0.25) is 4.57 Å². The molecule has 0 aliphatic rings. The molecule has 2 rings (SSSR count). The van der Waals surface area contributed by atoms with Gasteiger partial charge in [-0.25, -0.2) is 0 Å². The van der Waals surface area contributed by atoms with Gasteiger partial charge in [0.15, 0.2) is 0 Å². The molecule has 0 amide bonds. The minimum atomic E-state index is -4.29. The van der Waals surface area contributed by atoms with Gasteiger partial charge in [0, 0.05) is 0 Å². The number of rotatable bonds is 2. The Kier molecular flexibility index (Phi) is 2.85. The maximum absolute atomic E-state index is 12.2. The van der Waals surface area contributed by atoms with Crippen LogP contribution in [0.3, 0.4) is 0 Å². The number of alkyl halides is 3. The van der Waals surface area contributed by atoms with Crippen LogP contribution in [0.25, 0.3) is 5.00 Å². The summed E-state index contributed by atoms with van der Waals surface area (Å²) in [4.78, 5) is 0. The molecule has 2 aromatic heterocycles. The molecule has 0 aliphatic heterocycles. The summed E-state index contributed by atoms with van der Waals surface area (Å²) in [7, 11) is 0. The van der Waals surface area contributed by atoms with Crippen molar-refractivity contribution in [1.82, 2.24) is 14.3 Å². The standard InChI is InChI=1S/C8H6F3N3S2/c9-8(10,11)4-13-5-12-14(7(13)15)6-2-1-3-16-6/h1-3,5H,4H2. The zero-order chi connectivity index (χ0) is 11.8. The molecule has 2 aromatic rings. The lowest BCUT2D eigenvalue weighted by Gasteiger charge is -2.05. The molecule has 16 heavy (non-hydrogen) atoms. The first-order chi connectivity index (χ1) is 7.47. The Morgan fingerprint density at radius 3 is 2.75 bits per heavy atom. The Morgan fingerprint density at radius 1 is 1.44 bits per heavy atom. The Hall–Kier alpha value is -1.15. The summed E-state index contributed by atoms with van der Waals surface area (Å²) in [6, 6.07) is 3.52. The smallest absolute Gasteiger partial charge is 0.297 e. The molecule has 0 N–H and O–H groups in total. The lowest BCUT2D eigenvalue weighted by Crippen LogP contribution is -2.17. The molecule has 0 aromatic carbocycles. The molecule has 0 spiro atoms. The van der Waals surface area contributed by atoms with Crippen LogP contribution in [0.4, 0.5) is 13.2 Å². The van der Waals surface area contributed by atoms with E-state index in [1.165, 1.54) is 16.0 Å². The highest BCUT2D eigenvalue weighted by Gasteiger charge is 2.28. The summed E-state index contributed by atoms with van der Waals surface area (Å²) < 4.78 is 38.8. The Morgan fingerprint density at radius 2 is 2.19 bits per heavy atom. The molecule has 0 atom stereocenters. The van der Waals surface area contributed by atoms with E-state index in [2.05, 4.69) is 5.10 Å². The molecule has 8 heteroatoms. The molecule has 86 valence electrons. The van der Waals surface area contributed by atoms with Crippen molar-refractivity contribution in [2.45, 2.75) is 12.7 Å². The van der Waals surface area contributed by atoms with E-state index in [1.807, 2.05) is 0 Å². The third kappa shape index (κ3) is 2.33. The number of aromatic nitrogens is 3. The normalized spacial score (nSPS) is 11.9. The lowest BCUT2D eigenvalue weighted by atomic mass is 10.6. The first-order valence-corrected chi connectivity index (χ1v) is 5.51. The minimum Gasteiger partial charge on any atom is -0.297 e. The highest BCUT2D eigenvalue weighted by atomic mass is 32.1. The fraction of sp³-hybridized carbons (Fsp3) is 0.250. The summed E-state index contributed by atoms with van der Waals surface area (Å²) in [6.07, 6.45) is -3.20. The van der Waals surface area contributed by atoms with Gasteiger partial charge in [0.1, 0.15) is 17.9 Å². The Bertz CT molecular complexity index is 523. The maximum Gasteiger partial charge on any atom is 0.406 e. The summed E-state index contributed by atoms with van der Waals surface area (Å²) in [5.74, 6) is 0. The largest absolute Gasteiger partial charge is 0.406 e. The summed E-state index contributed by atoms with van der Waals surface area (Å²) >= 11 is 6.27. The molecule has 0 aliphatic carbocycles. The number of hydrogen-bond acceptors (Lipinski definition) is 3. The van der Waals surface area contributed by atoms with Crippen LogP contribution in [0.15, 0.2) is 23.8 Å². The zero-order valence-corrected chi connectivity index (χ0v) is 9.44. The van der Waals surface area contributed by atoms with Crippen LogP contribution in [0.1, 0.15) is 0 Å². The van der Waals surface area contributed by atoms with Gasteiger partial charge >= 0.3 is 6.18 Å². The van der Waals surface area contributed by atoms with E-state index in [1.54, 1.807) is 17.5 Å². The molecule has 0 fully saturated rings. The van der Waals surface area contributed by atoms with Crippen molar-refractivity contribution < 1.29 is 13.2 Å². The maximum atomic E-state index is 12.2. The van der Waals surface area contributed by atoms with Gasteiger partial charge in [0.25, 0.3) is 0 Å². The van der Waals surface area contributed by atoms with Gasteiger partial charge in [-0.05, 0) is 29.7 Å². The SMILES string of the molecule is FC(F)(F)Cn1cnn(-c2cccs2)c1=S. The van der Waals surface area contributed by atoms with E-state index in [-0.39, 0.29) is 4.77 Å².